The Hall–Kier alpha value is -1.10. The van der Waals surface area contributed by atoms with Crippen LogP contribution in [0.5, 0.6) is 0 Å². The van der Waals surface area contributed by atoms with Gasteiger partial charge >= 0.3 is 0 Å². The first-order valence-electron chi connectivity index (χ1n) is 7.37. The highest BCUT2D eigenvalue weighted by Gasteiger charge is 2.43. The standard InChI is InChI=1S/C14H25N3O2/c1-11(18)16-14(7-3-2-4-8-14)13(19)17-9-5-6-12(15)10-17/h12H,2-10,15H2,1H3,(H,16,18). The number of nitrogens with one attached hydrogen (secondary N) is 1. The van der Waals surface area contributed by atoms with Crippen LogP contribution in [0.4, 0.5) is 0 Å². The fourth-order valence-electron chi connectivity index (χ4n) is 3.38. The third-order valence-electron chi connectivity index (χ3n) is 4.28. The predicted molar refractivity (Wildman–Crippen MR) is 73.4 cm³/mol. The van der Waals surface area contributed by atoms with Gasteiger partial charge in [0.15, 0.2) is 0 Å². The molecular weight excluding hydrogens is 242 g/mol. The Morgan fingerprint density at radius 1 is 1.21 bits per heavy atom. The minimum Gasteiger partial charge on any atom is -0.342 e. The lowest BCUT2D eigenvalue weighted by Gasteiger charge is -2.42. The largest absolute Gasteiger partial charge is 0.342 e. The van der Waals surface area contributed by atoms with Crippen molar-refractivity contribution in [2.45, 2.75) is 63.5 Å². The molecule has 1 aliphatic heterocycles. The van der Waals surface area contributed by atoms with Gasteiger partial charge < -0.3 is 16.0 Å². The van der Waals surface area contributed by atoms with E-state index in [4.69, 9.17) is 5.73 Å². The summed E-state index contributed by atoms with van der Waals surface area (Å²) in [6.07, 6.45) is 6.63. The third kappa shape index (κ3) is 3.26. The molecule has 5 heteroatoms. The molecule has 2 aliphatic rings. The molecule has 1 atom stereocenters. The first-order valence-corrected chi connectivity index (χ1v) is 7.37. The Labute approximate surface area is 114 Å². The van der Waals surface area contributed by atoms with Gasteiger partial charge in [-0.3, -0.25) is 9.59 Å². The highest BCUT2D eigenvalue weighted by molar-refractivity contribution is 5.91. The van der Waals surface area contributed by atoms with Crippen molar-refractivity contribution in [2.75, 3.05) is 13.1 Å². The molecule has 2 rings (SSSR count). The summed E-state index contributed by atoms with van der Waals surface area (Å²) in [7, 11) is 0. The molecule has 0 bridgehead atoms. The summed E-state index contributed by atoms with van der Waals surface area (Å²) in [4.78, 5) is 26.1. The number of nitrogens with two attached hydrogens (primary N) is 1. The Bertz CT molecular complexity index is 351. The number of hydrogen-bond acceptors (Lipinski definition) is 3. The zero-order valence-corrected chi connectivity index (χ0v) is 11.8. The molecule has 1 aliphatic carbocycles. The van der Waals surface area contributed by atoms with Gasteiger partial charge in [0.05, 0.1) is 0 Å². The fraction of sp³-hybridized carbons (Fsp3) is 0.857. The van der Waals surface area contributed by atoms with Crippen molar-refractivity contribution in [1.29, 1.82) is 0 Å². The van der Waals surface area contributed by atoms with Crippen LogP contribution in [0.25, 0.3) is 0 Å². The van der Waals surface area contributed by atoms with Crippen LogP contribution in [0.15, 0.2) is 0 Å². The fourth-order valence-corrected chi connectivity index (χ4v) is 3.38. The average Bonchev–Trinajstić information content (AvgIpc) is 2.38. The van der Waals surface area contributed by atoms with Crippen LogP contribution in [-0.4, -0.2) is 41.4 Å². The Kier molecular flexibility index (Phi) is 4.45. The molecule has 3 N–H and O–H groups in total. The maximum Gasteiger partial charge on any atom is 0.248 e. The van der Waals surface area contributed by atoms with Crippen molar-refractivity contribution in [1.82, 2.24) is 10.2 Å². The molecule has 2 fully saturated rings. The maximum absolute atomic E-state index is 12.8. The summed E-state index contributed by atoms with van der Waals surface area (Å²) in [5.74, 6) is -0.0332. The van der Waals surface area contributed by atoms with E-state index in [1.165, 1.54) is 6.92 Å². The quantitative estimate of drug-likeness (QED) is 0.776. The summed E-state index contributed by atoms with van der Waals surface area (Å²) in [5, 5.41) is 2.94. The van der Waals surface area contributed by atoms with Crippen molar-refractivity contribution in [3.8, 4) is 0 Å². The molecule has 108 valence electrons. The molecule has 19 heavy (non-hydrogen) atoms. The SMILES string of the molecule is CC(=O)NC1(C(=O)N2CCCC(N)C2)CCCCC1. The van der Waals surface area contributed by atoms with E-state index in [1.807, 2.05) is 4.90 Å². The molecular formula is C14H25N3O2. The lowest BCUT2D eigenvalue weighted by atomic mass is 9.80. The topological polar surface area (TPSA) is 75.4 Å². The molecule has 5 nitrogen and oxygen atoms in total. The molecule has 0 aromatic rings. The normalized spacial score (nSPS) is 26.8. The predicted octanol–water partition coefficient (Wildman–Crippen LogP) is 0.775. The first kappa shape index (κ1) is 14.3. The molecule has 0 radical (unpaired) electrons. The van der Waals surface area contributed by atoms with Gasteiger partial charge in [-0.05, 0) is 25.7 Å². The monoisotopic (exact) mass is 267 g/mol. The van der Waals surface area contributed by atoms with Crippen LogP contribution in [0, 0.1) is 0 Å². The molecule has 1 unspecified atom stereocenters. The maximum atomic E-state index is 12.8. The zero-order valence-electron chi connectivity index (χ0n) is 11.8. The van der Waals surface area contributed by atoms with Crippen molar-refractivity contribution < 1.29 is 9.59 Å². The molecule has 0 spiro atoms. The number of piperidine rings is 1. The highest BCUT2D eigenvalue weighted by Crippen LogP contribution is 2.31. The second kappa shape index (κ2) is 5.90. The summed E-state index contributed by atoms with van der Waals surface area (Å²) in [6, 6.07) is 0.0793. The van der Waals surface area contributed by atoms with Crippen LogP contribution >= 0.6 is 0 Å². The minimum absolute atomic E-state index is 0.0793. The smallest absolute Gasteiger partial charge is 0.248 e. The molecule has 0 aromatic heterocycles. The summed E-state index contributed by atoms with van der Waals surface area (Å²) >= 11 is 0. The van der Waals surface area contributed by atoms with Crippen molar-refractivity contribution in [2.24, 2.45) is 5.73 Å². The van der Waals surface area contributed by atoms with E-state index in [0.29, 0.717) is 6.54 Å². The van der Waals surface area contributed by atoms with Crippen LogP contribution < -0.4 is 11.1 Å². The second-order valence-electron chi connectivity index (χ2n) is 5.98. The summed E-state index contributed by atoms with van der Waals surface area (Å²) in [5.41, 5.74) is 5.29. The van der Waals surface area contributed by atoms with Gasteiger partial charge in [-0.25, -0.2) is 0 Å². The Morgan fingerprint density at radius 2 is 1.89 bits per heavy atom. The van der Waals surface area contributed by atoms with E-state index in [9.17, 15) is 9.59 Å². The number of amides is 2. The number of hydrogen-bond donors (Lipinski definition) is 2. The number of likely N-dealkylation sites (tertiary alicyclic amines) is 1. The molecule has 0 aromatic carbocycles. The molecule has 1 saturated heterocycles. The van der Waals surface area contributed by atoms with Gasteiger partial charge in [0, 0.05) is 26.1 Å². The molecule has 2 amide bonds. The van der Waals surface area contributed by atoms with E-state index in [2.05, 4.69) is 5.32 Å². The van der Waals surface area contributed by atoms with Crippen LogP contribution in [-0.2, 0) is 9.59 Å². The van der Waals surface area contributed by atoms with E-state index >= 15 is 0 Å². The summed E-state index contributed by atoms with van der Waals surface area (Å²) in [6.45, 7) is 2.89. The van der Waals surface area contributed by atoms with Crippen molar-refractivity contribution in [3.05, 3.63) is 0 Å². The number of nitrogens with zero attached hydrogens (tertiary/aromatic N) is 1. The van der Waals surface area contributed by atoms with Gasteiger partial charge in [0.1, 0.15) is 5.54 Å². The van der Waals surface area contributed by atoms with E-state index in [1.54, 1.807) is 0 Å². The van der Waals surface area contributed by atoms with Gasteiger partial charge in [0.25, 0.3) is 0 Å². The van der Waals surface area contributed by atoms with Gasteiger partial charge in [-0.2, -0.15) is 0 Å². The van der Waals surface area contributed by atoms with Crippen molar-refractivity contribution >= 4 is 11.8 Å². The van der Waals surface area contributed by atoms with Gasteiger partial charge in [-0.15, -0.1) is 0 Å². The Balaban J connectivity index is 2.12. The van der Waals surface area contributed by atoms with Gasteiger partial charge in [0.2, 0.25) is 11.8 Å². The second-order valence-corrected chi connectivity index (χ2v) is 5.98. The molecule has 1 heterocycles. The van der Waals surface area contributed by atoms with Gasteiger partial charge in [-0.1, -0.05) is 19.3 Å². The Morgan fingerprint density at radius 3 is 2.47 bits per heavy atom. The van der Waals surface area contributed by atoms with E-state index in [-0.39, 0.29) is 17.9 Å². The minimum atomic E-state index is -0.666. The number of carbonyl (C=O) groups excluding carboxylic acids is 2. The lowest BCUT2D eigenvalue weighted by molar-refractivity contribution is -0.144. The van der Waals surface area contributed by atoms with Crippen LogP contribution in [0.1, 0.15) is 51.9 Å². The average molecular weight is 267 g/mol. The molecule has 1 saturated carbocycles. The van der Waals surface area contributed by atoms with Crippen LogP contribution in [0.2, 0.25) is 0 Å². The summed E-state index contributed by atoms with van der Waals surface area (Å²) < 4.78 is 0. The number of rotatable bonds is 2. The third-order valence-corrected chi connectivity index (χ3v) is 4.28. The number of carbonyl (C=O) groups is 2. The van der Waals surface area contributed by atoms with Crippen molar-refractivity contribution in [3.63, 3.8) is 0 Å². The van der Waals surface area contributed by atoms with E-state index < -0.39 is 5.54 Å². The first-order chi connectivity index (χ1) is 9.03. The zero-order chi connectivity index (χ0) is 13.9. The van der Waals surface area contributed by atoms with E-state index in [0.717, 1.165) is 51.5 Å². The van der Waals surface area contributed by atoms with Crippen LogP contribution in [0.3, 0.4) is 0 Å². The lowest BCUT2D eigenvalue weighted by Crippen LogP contribution is -2.62. The highest BCUT2D eigenvalue weighted by atomic mass is 16.2.